The second kappa shape index (κ2) is 7.78. The summed E-state index contributed by atoms with van der Waals surface area (Å²) < 4.78 is 5.11. The maximum absolute atomic E-state index is 12.0. The van der Waals surface area contributed by atoms with Gasteiger partial charge in [0, 0.05) is 17.7 Å². The van der Waals surface area contributed by atoms with Crippen LogP contribution in [-0.4, -0.2) is 11.1 Å². The van der Waals surface area contributed by atoms with E-state index in [-0.39, 0.29) is 5.91 Å². The number of anilines is 1. The molecule has 22 heavy (non-hydrogen) atoms. The number of nitrogens with one attached hydrogen (secondary N) is 1. The van der Waals surface area contributed by atoms with Crippen LogP contribution < -0.4 is 5.32 Å². The van der Waals surface area contributed by atoms with E-state index in [9.17, 15) is 4.79 Å². The van der Waals surface area contributed by atoms with Gasteiger partial charge >= 0.3 is 0 Å². The van der Waals surface area contributed by atoms with E-state index in [0.29, 0.717) is 12.8 Å². The van der Waals surface area contributed by atoms with Crippen molar-refractivity contribution in [3.63, 3.8) is 0 Å². The third-order valence-corrected chi connectivity index (χ3v) is 3.84. The number of aryl methyl sites for hydroxylation is 3. The highest BCUT2D eigenvalue weighted by molar-refractivity contribution is 5.90. The number of nitrogens with zero attached hydrogens (tertiary/aromatic N) is 1. The Bertz CT molecular complexity index is 595. The zero-order valence-corrected chi connectivity index (χ0v) is 13.6. The number of aromatic nitrogens is 1. The van der Waals surface area contributed by atoms with Gasteiger partial charge in [0.2, 0.25) is 5.91 Å². The number of carbonyl (C=O) groups excluding carboxylic acids is 1. The van der Waals surface area contributed by atoms with Gasteiger partial charge in [0.05, 0.1) is 5.69 Å². The zero-order chi connectivity index (χ0) is 15.9. The van der Waals surface area contributed by atoms with Crippen molar-refractivity contribution in [3.8, 4) is 0 Å². The first kappa shape index (κ1) is 16.3. The molecule has 1 N–H and O–H groups in total. The summed E-state index contributed by atoms with van der Waals surface area (Å²) in [4.78, 5) is 12.0. The van der Waals surface area contributed by atoms with Crippen molar-refractivity contribution in [2.45, 2.75) is 52.9 Å². The van der Waals surface area contributed by atoms with Gasteiger partial charge in [0.15, 0.2) is 0 Å². The van der Waals surface area contributed by atoms with Crippen LogP contribution in [0.2, 0.25) is 0 Å². The van der Waals surface area contributed by atoms with Crippen molar-refractivity contribution in [1.29, 1.82) is 0 Å². The molecule has 2 aromatic rings. The summed E-state index contributed by atoms with van der Waals surface area (Å²) in [6.07, 6.45) is 4.57. The van der Waals surface area contributed by atoms with Gasteiger partial charge in [0.1, 0.15) is 5.76 Å². The minimum Gasteiger partial charge on any atom is -0.361 e. The zero-order valence-electron chi connectivity index (χ0n) is 13.6. The minimum atomic E-state index is 0.0151. The van der Waals surface area contributed by atoms with E-state index in [0.717, 1.165) is 29.1 Å². The largest absolute Gasteiger partial charge is 0.361 e. The molecule has 1 aromatic heterocycles. The van der Waals surface area contributed by atoms with Gasteiger partial charge in [-0.3, -0.25) is 4.79 Å². The number of unbranched alkanes of at least 4 members (excludes halogenated alkanes) is 1. The number of hydrogen-bond donors (Lipinski definition) is 1. The molecule has 0 atom stereocenters. The summed E-state index contributed by atoms with van der Waals surface area (Å²) in [6.45, 7) is 5.97. The Hall–Kier alpha value is -2.10. The molecular weight excluding hydrogens is 276 g/mol. The maximum Gasteiger partial charge on any atom is 0.224 e. The van der Waals surface area contributed by atoms with Crippen LogP contribution in [0.1, 0.15) is 48.8 Å². The van der Waals surface area contributed by atoms with Crippen LogP contribution in [0, 0.1) is 13.8 Å². The fourth-order valence-corrected chi connectivity index (χ4v) is 2.46. The number of hydrogen-bond acceptors (Lipinski definition) is 3. The molecule has 1 aromatic carbocycles. The Morgan fingerprint density at radius 3 is 2.50 bits per heavy atom. The second-order valence-corrected chi connectivity index (χ2v) is 5.65. The highest BCUT2D eigenvalue weighted by Gasteiger charge is 2.11. The van der Waals surface area contributed by atoms with Gasteiger partial charge in [-0.05, 0) is 50.8 Å². The van der Waals surface area contributed by atoms with E-state index >= 15 is 0 Å². The molecule has 1 heterocycles. The molecule has 4 heteroatoms. The van der Waals surface area contributed by atoms with Gasteiger partial charge < -0.3 is 9.84 Å². The van der Waals surface area contributed by atoms with Gasteiger partial charge in [0.25, 0.3) is 0 Å². The van der Waals surface area contributed by atoms with E-state index in [4.69, 9.17) is 4.52 Å². The average molecular weight is 300 g/mol. The van der Waals surface area contributed by atoms with Crippen LogP contribution in [0.3, 0.4) is 0 Å². The van der Waals surface area contributed by atoms with E-state index in [2.05, 4.69) is 29.5 Å². The van der Waals surface area contributed by atoms with Crippen molar-refractivity contribution in [2.75, 3.05) is 5.32 Å². The lowest BCUT2D eigenvalue weighted by molar-refractivity contribution is -0.116. The molecule has 2 rings (SSSR count). The number of benzene rings is 1. The molecule has 0 aliphatic heterocycles. The Kier molecular flexibility index (Phi) is 5.75. The van der Waals surface area contributed by atoms with E-state index in [1.54, 1.807) is 0 Å². The Morgan fingerprint density at radius 2 is 1.91 bits per heavy atom. The summed E-state index contributed by atoms with van der Waals surface area (Å²) in [5.74, 6) is 0.812. The lowest BCUT2D eigenvalue weighted by Gasteiger charge is -2.06. The fourth-order valence-electron chi connectivity index (χ4n) is 2.46. The van der Waals surface area contributed by atoms with Gasteiger partial charge in [-0.1, -0.05) is 30.6 Å². The third kappa shape index (κ3) is 4.45. The standard InChI is InChI=1S/C18H24N2O2/c1-4-5-6-15-7-9-16(10-8-15)19-18(21)12-11-17-13(2)20-22-14(17)3/h7-10H,4-6,11-12H2,1-3H3,(H,19,21). The van der Waals surface area contributed by atoms with Crippen LogP contribution in [0.4, 0.5) is 5.69 Å². The minimum absolute atomic E-state index is 0.0151. The lowest BCUT2D eigenvalue weighted by Crippen LogP contribution is -2.12. The van der Waals surface area contributed by atoms with Gasteiger partial charge in [-0.15, -0.1) is 0 Å². The Labute approximate surface area is 131 Å². The quantitative estimate of drug-likeness (QED) is 0.833. The predicted octanol–water partition coefficient (Wildman–Crippen LogP) is 4.21. The predicted molar refractivity (Wildman–Crippen MR) is 88.0 cm³/mol. The van der Waals surface area contributed by atoms with Crippen molar-refractivity contribution in [2.24, 2.45) is 0 Å². The van der Waals surface area contributed by atoms with Crippen molar-refractivity contribution < 1.29 is 9.32 Å². The number of carbonyl (C=O) groups is 1. The first-order valence-corrected chi connectivity index (χ1v) is 7.90. The lowest BCUT2D eigenvalue weighted by atomic mass is 10.1. The van der Waals surface area contributed by atoms with Crippen molar-refractivity contribution >= 4 is 11.6 Å². The van der Waals surface area contributed by atoms with E-state index in [1.807, 2.05) is 26.0 Å². The molecular formula is C18H24N2O2. The van der Waals surface area contributed by atoms with Crippen molar-refractivity contribution in [3.05, 3.63) is 46.8 Å². The van der Waals surface area contributed by atoms with Crippen LogP contribution in [0.5, 0.6) is 0 Å². The smallest absolute Gasteiger partial charge is 0.224 e. The molecule has 0 aliphatic rings. The Balaban J connectivity index is 1.84. The first-order chi connectivity index (χ1) is 10.6. The normalized spacial score (nSPS) is 10.7. The molecule has 0 saturated carbocycles. The van der Waals surface area contributed by atoms with E-state index < -0.39 is 0 Å². The third-order valence-electron chi connectivity index (χ3n) is 3.84. The summed E-state index contributed by atoms with van der Waals surface area (Å²) in [5.41, 5.74) is 4.07. The molecule has 0 radical (unpaired) electrons. The van der Waals surface area contributed by atoms with Crippen LogP contribution in [-0.2, 0) is 17.6 Å². The van der Waals surface area contributed by atoms with Crippen LogP contribution >= 0.6 is 0 Å². The molecule has 0 bridgehead atoms. The average Bonchev–Trinajstić information content (AvgIpc) is 2.83. The SMILES string of the molecule is CCCCc1ccc(NC(=O)CCc2c(C)noc2C)cc1. The Morgan fingerprint density at radius 1 is 1.18 bits per heavy atom. The molecule has 4 nitrogen and oxygen atoms in total. The summed E-state index contributed by atoms with van der Waals surface area (Å²) >= 11 is 0. The fraction of sp³-hybridized carbons (Fsp3) is 0.444. The maximum atomic E-state index is 12.0. The molecule has 0 spiro atoms. The molecule has 0 aliphatic carbocycles. The summed E-state index contributed by atoms with van der Waals surface area (Å²) in [6, 6.07) is 8.11. The summed E-state index contributed by atoms with van der Waals surface area (Å²) in [5, 5.41) is 6.84. The van der Waals surface area contributed by atoms with Crippen molar-refractivity contribution in [1.82, 2.24) is 5.16 Å². The highest BCUT2D eigenvalue weighted by atomic mass is 16.5. The number of rotatable bonds is 7. The molecule has 0 fully saturated rings. The second-order valence-electron chi connectivity index (χ2n) is 5.65. The monoisotopic (exact) mass is 300 g/mol. The van der Waals surface area contributed by atoms with Gasteiger partial charge in [-0.2, -0.15) is 0 Å². The topological polar surface area (TPSA) is 55.1 Å². The molecule has 0 unspecified atom stereocenters. The van der Waals surface area contributed by atoms with E-state index in [1.165, 1.54) is 18.4 Å². The highest BCUT2D eigenvalue weighted by Crippen LogP contribution is 2.16. The number of amides is 1. The van der Waals surface area contributed by atoms with Crippen LogP contribution in [0.25, 0.3) is 0 Å². The van der Waals surface area contributed by atoms with Gasteiger partial charge in [-0.25, -0.2) is 0 Å². The molecule has 118 valence electrons. The summed E-state index contributed by atoms with van der Waals surface area (Å²) in [7, 11) is 0. The molecule has 1 amide bonds. The van der Waals surface area contributed by atoms with Crippen LogP contribution in [0.15, 0.2) is 28.8 Å². The first-order valence-electron chi connectivity index (χ1n) is 7.90. The molecule has 0 saturated heterocycles.